The predicted octanol–water partition coefficient (Wildman–Crippen LogP) is 5.21. The fourth-order valence-corrected chi connectivity index (χ4v) is 3.53. The molecule has 2 aromatic carbocycles. The highest BCUT2D eigenvalue weighted by Crippen LogP contribution is 2.34. The van der Waals surface area contributed by atoms with Crippen LogP contribution in [0.25, 0.3) is 5.57 Å². The monoisotopic (exact) mass is 450 g/mol. The van der Waals surface area contributed by atoms with Crippen molar-refractivity contribution in [2.75, 3.05) is 23.0 Å². The number of carbonyl (C=O) groups excluding carboxylic acids is 1. The van der Waals surface area contributed by atoms with Gasteiger partial charge in [0.2, 0.25) is 0 Å². The summed E-state index contributed by atoms with van der Waals surface area (Å²) in [5.74, 6) is -0.257. The minimum atomic E-state index is -1.03. The fraction of sp³-hybridized carbons (Fsp3) is 0.346. The van der Waals surface area contributed by atoms with Crippen LogP contribution in [-0.2, 0) is 4.79 Å². The minimum absolute atomic E-state index is 0.389. The number of hydrazone groups is 1. The third-order valence-electron chi connectivity index (χ3n) is 4.84. The molecule has 176 valence electrons. The van der Waals surface area contributed by atoms with Gasteiger partial charge in [0.05, 0.1) is 17.6 Å². The van der Waals surface area contributed by atoms with Crippen LogP contribution in [0.2, 0.25) is 0 Å². The quantitative estimate of drug-likeness (QED) is 0.295. The van der Waals surface area contributed by atoms with Gasteiger partial charge in [0.15, 0.2) is 0 Å². The first-order valence-electron chi connectivity index (χ1n) is 11.1. The molecule has 0 saturated carbocycles. The van der Waals surface area contributed by atoms with Gasteiger partial charge in [-0.05, 0) is 47.6 Å². The summed E-state index contributed by atoms with van der Waals surface area (Å²) < 4.78 is 0. The van der Waals surface area contributed by atoms with Gasteiger partial charge >= 0.3 is 12.0 Å². The Morgan fingerprint density at radius 3 is 2.12 bits per heavy atom. The van der Waals surface area contributed by atoms with E-state index in [2.05, 4.69) is 37.7 Å². The normalized spacial score (nSPS) is 11.9. The largest absolute Gasteiger partial charge is 0.478 e. The van der Waals surface area contributed by atoms with Gasteiger partial charge < -0.3 is 15.7 Å². The van der Waals surface area contributed by atoms with Crippen molar-refractivity contribution >= 4 is 35.2 Å². The Kier molecular flexibility index (Phi) is 9.21. The van der Waals surface area contributed by atoms with Crippen LogP contribution in [-0.4, -0.2) is 36.4 Å². The third kappa shape index (κ3) is 7.79. The number of benzene rings is 2. The molecule has 0 unspecified atom stereocenters. The third-order valence-corrected chi connectivity index (χ3v) is 4.84. The Morgan fingerprint density at radius 1 is 1.00 bits per heavy atom. The van der Waals surface area contributed by atoms with E-state index in [1.54, 1.807) is 19.2 Å². The maximum atomic E-state index is 12.5. The molecular formula is C26H34N4O3. The molecule has 0 bridgehead atoms. The second-order valence-electron chi connectivity index (χ2n) is 8.87. The molecule has 7 nitrogen and oxygen atoms in total. The smallest absolute Gasteiger partial charge is 0.340 e. The zero-order chi connectivity index (χ0) is 24.5. The number of nitrogens with two attached hydrogens (primary N) is 1. The molecule has 33 heavy (non-hydrogen) atoms. The fourth-order valence-electron chi connectivity index (χ4n) is 3.53. The number of rotatable bonds is 10. The molecule has 0 aliphatic heterocycles. The minimum Gasteiger partial charge on any atom is -0.478 e. The number of carboxylic acid groups (broad SMARTS) is 1. The summed E-state index contributed by atoms with van der Waals surface area (Å²) in [7, 11) is 0. The lowest BCUT2D eigenvalue weighted by atomic mass is 10.0. The lowest BCUT2D eigenvalue weighted by Crippen LogP contribution is -2.36. The van der Waals surface area contributed by atoms with Crippen molar-refractivity contribution < 1.29 is 14.7 Å². The van der Waals surface area contributed by atoms with Crippen LogP contribution in [0.5, 0.6) is 0 Å². The average Bonchev–Trinajstić information content (AvgIpc) is 2.72. The first-order chi connectivity index (χ1) is 15.6. The number of carboxylic acids is 1. The van der Waals surface area contributed by atoms with Gasteiger partial charge in [-0.1, -0.05) is 64.1 Å². The van der Waals surface area contributed by atoms with Crippen molar-refractivity contribution in [3.05, 3.63) is 65.7 Å². The van der Waals surface area contributed by atoms with Gasteiger partial charge in [-0.25, -0.2) is 9.59 Å². The highest BCUT2D eigenvalue weighted by Gasteiger charge is 2.22. The molecule has 2 aromatic rings. The number of aliphatic carboxylic acids is 1. The second-order valence-corrected chi connectivity index (χ2v) is 8.87. The van der Waals surface area contributed by atoms with E-state index in [0.717, 1.165) is 30.4 Å². The molecule has 3 N–H and O–H groups in total. The topological polar surface area (TPSA) is 99.2 Å². The Balaban J connectivity index is 2.66. The zero-order valence-corrected chi connectivity index (χ0v) is 20.0. The molecular weight excluding hydrogens is 416 g/mol. The van der Waals surface area contributed by atoms with E-state index >= 15 is 0 Å². The van der Waals surface area contributed by atoms with Crippen LogP contribution >= 0.6 is 0 Å². The van der Waals surface area contributed by atoms with E-state index in [4.69, 9.17) is 5.73 Å². The van der Waals surface area contributed by atoms with Crippen molar-refractivity contribution in [3.8, 4) is 0 Å². The van der Waals surface area contributed by atoms with E-state index in [9.17, 15) is 14.7 Å². The number of carbonyl (C=O) groups is 2. The van der Waals surface area contributed by atoms with E-state index in [0.29, 0.717) is 28.7 Å². The molecule has 7 heteroatoms. The number of hydrogen-bond acceptors (Lipinski definition) is 4. The van der Waals surface area contributed by atoms with Crippen LogP contribution in [0.4, 0.5) is 16.2 Å². The lowest BCUT2D eigenvalue weighted by Gasteiger charge is -2.32. The number of nitrogens with zero attached hydrogens (tertiary/aromatic N) is 3. The predicted molar refractivity (Wildman–Crippen MR) is 136 cm³/mol. The van der Waals surface area contributed by atoms with Gasteiger partial charge in [0.1, 0.15) is 0 Å². The lowest BCUT2D eigenvalue weighted by molar-refractivity contribution is -0.131. The summed E-state index contributed by atoms with van der Waals surface area (Å²) in [6.07, 6.45) is 2.72. The highest BCUT2D eigenvalue weighted by molar-refractivity contribution is 5.98. The Morgan fingerprint density at radius 2 is 1.61 bits per heavy atom. The average molecular weight is 451 g/mol. The SMILES string of the molecule is C/C(=C\C(=O)O)c1ccc(N(CC(C)C)CC(C)C)c(N(/N=C/c2ccccc2)C(N)=O)c1. The van der Waals surface area contributed by atoms with Gasteiger partial charge in [-0.3, -0.25) is 0 Å². The van der Waals surface area contributed by atoms with Crippen LogP contribution in [0.3, 0.4) is 0 Å². The summed E-state index contributed by atoms with van der Waals surface area (Å²) in [5.41, 5.74) is 9.13. The summed E-state index contributed by atoms with van der Waals surface area (Å²) in [6.45, 7) is 11.8. The molecule has 0 heterocycles. The molecule has 0 aliphatic rings. The first-order valence-corrected chi connectivity index (χ1v) is 11.1. The van der Waals surface area contributed by atoms with Gasteiger partial charge in [-0.15, -0.1) is 0 Å². The van der Waals surface area contributed by atoms with E-state index < -0.39 is 12.0 Å². The van der Waals surface area contributed by atoms with Crippen molar-refractivity contribution in [2.24, 2.45) is 22.7 Å². The van der Waals surface area contributed by atoms with Crippen LogP contribution in [0, 0.1) is 11.8 Å². The van der Waals surface area contributed by atoms with Crippen molar-refractivity contribution in [3.63, 3.8) is 0 Å². The summed E-state index contributed by atoms with van der Waals surface area (Å²) in [5, 5.41) is 14.7. The molecule has 0 radical (unpaired) electrons. The number of primary amides is 1. The summed E-state index contributed by atoms with van der Waals surface area (Å²) >= 11 is 0. The highest BCUT2D eigenvalue weighted by atomic mass is 16.4. The van der Waals surface area contributed by atoms with Gasteiger partial charge in [0, 0.05) is 19.2 Å². The second kappa shape index (κ2) is 11.9. The molecule has 0 atom stereocenters. The van der Waals surface area contributed by atoms with Crippen LogP contribution < -0.4 is 15.6 Å². The molecule has 0 aromatic heterocycles. The number of amides is 2. The number of anilines is 2. The molecule has 0 fully saturated rings. The first kappa shape index (κ1) is 25.6. The van der Waals surface area contributed by atoms with Crippen LogP contribution in [0.1, 0.15) is 45.7 Å². The Bertz CT molecular complexity index is 1000. The number of hydrogen-bond donors (Lipinski definition) is 2. The number of urea groups is 1. The van der Waals surface area contributed by atoms with E-state index in [-0.39, 0.29) is 0 Å². The van der Waals surface area contributed by atoms with Crippen molar-refractivity contribution in [1.82, 2.24) is 0 Å². The Labute approximate surface area is 196 Å². The Hall–Kier alpha value is -3.61. The molecule has 2 rings (SSSR count). The van der Waals surface area contributed by atoms with E-state index in [1.165, 1.54) is 5.01 Å². The molecule has 2 amide bonds. The van der Waals surface area contributed by atoms with E-state index in [1.807, 2.05) is 42.5 Å². The molecule has 0 saturated heterocycles. The van der Waals surface area contributed by atoms with Crippen molar-refractivity contribution in [1.29, 1.82) is 0 Å². The van der Waals surface area contributed by atoms with Gasteiger partial charge in [0.25, 0.3) is 0 Å². The maximum absolute atomic E-state index is 12.5. The molecule has 0 aliphatic carbocycles. The summed E-state index contributed by atoms with van der Waals surface area (Å²) in [6, 6.07) is 14.2. The number of allylic oxidation sites excluding steroid dienone is 1. The maximum Gasteiger partial charge on any atom is 0.340 e. The van der Waals surface area contributed by atoms with Crippen molar-refractivity contribution in [2.45, 2.75) is 34.6 Å². The summed E-state index contributed by atoms with van der Waals surface area (Å²) in [4.78, 5) is 25.9. The standard InChI is InChI=1S/C26H34N4O3/c1-18(2)16-29(17-19(3)4)23-12-11-22(20(5)13-25(31)32)14-24(23)30(26(27)33)28-15-21-9-7-6-8-10-21/h6-15,18-19H,16-17H2,1-5H3,(H2,27,33)(H,31,32)/b20-13+,28-15+. The molecule has 0 spiro atoms. The van der Waals surface area contributed by atoms with Gasteiger partial charge in [-0.2, -0.15) is 10.1 Å². The van der Waals surface area contributed by atoms with Crippen LogP contribution in [0.15, 0.2) is 59.7 Å². The zero-order valence-electron chi connectivity index (χ0n) is 20.0.